The molecule has 1 aliphatic heterocycles. The molecule has 2 rings (SSSR count). The van der Waals surface area contributed by atoms with Crippen LogP contribution in [0.4, 0.5) is 5.69 Å². The minimum absolute atomic E-state index is 0.0310. The lowest BCUT2D eigenvalue weighted by molar-refractivity contribution is -0.124. The minimum atomic E-state index is -0.275. The number of carbonyl (C=O) groups is 1. The van der Waals surface area contributed by atoms with Gasteiger partial charge in [0.05, 0.1) is 19.3 Å². The fourth-order valence-electron chi connectivity index (χ4n) is 3.47. The van der Waals surface area contributed by atoms with E-state index < -0.39 is 0 Å². The van der Waals surface area contributed by atoms with E-state index in [4.69, 9.17) is 4.74 Å². The van der Waals surface area contributed by atoms with Crippen LogP contribution in [0.25, 0.3) is 0 Å². The van der Waals surface area contributed by atoms with Gasteiger partial charge in [0.15, 0.2) is 0 Å². The number of hydrogen-bond acceptors (Lipinski definition) is 4. The van der Waals surface area contributed by atoms with Crippen molar-refractivity contribution in [2.45, 2.75) is 58.5 Å². The maximum atomic E-state index is 12.6. The molecule has 0 saturated heterocycles. The van der Waals surface area contributed by atoms with Crippen molar-refractivity contribution in [3.63, 3.8) is 0 Å². The van der Waals surface area contributed by atoms with Crippen LogP contribution >= 0.6 is 0 Å². The first kappa shape index (κ1) is 19.6. The summed E-state index contributed by atoms with van der Waals surface area (Å²) in [6, 6.07) is 5.55. The number of aliphatic hydroxyl groups excluding tert-OH is 1. The molecular formula is C20H32N2O3. The molecule has 1 aliphatic rings. The zero-order valence-electron chi connectivity index (χ0n) is 15.9. The molecule has 1 aromatic carbocycles. The summed E-state index contributed by atoms with van der Waals surface area (Å²) in [5, 5.41) is 12.6. The third kappa shape index (κ3) is 4.88. The Hall–Kier alpha value is -1.75. The zero-order chi connectivity index (χ0) is 18.4. The number of amides is 1. The van der Waals surface area contributed by atoms with E-state index in [9.17, 15) is 9.90 Å². The van der Waals surface area contributed by atoms with Crippen LogP contribution in [-0.2, 0) is 11.2 Å². The van der Waals surface area contributed by atoms with Gasteiger partial charge in [-0.25, -0.2) is 0 Å². The Kier molecular flexibility index (Phi) is 7.12. The number of fused-ring (bicyclic) bond motifs is 1. The van der Waals surface area contributed by atoms with Crippen LogP contribution in [0.1, 0.15) is 45.6 Å². The van der Waals surface area contributed by atoms with Gasteiger partial charge in [0.1, 0.15) is 11.8 Å². The normalized spacial score (nSPS) is 20.7. The Morgan fingerprint density at radius 1 is 1.36 bits per heavy atom. The number of rotatable bonds is 7. The number of nitrogens with zero attached hydrogens (tertiary/aromatic N) is 1. The topological polar surface area (TPSA) is 61.8 Å². The third-order valence-corrected chi connectivity index (χ3v) is 4.80. The molecule has 5 nitrogen and oxygen atoms in total. The highest BCUT2D eigenvalue weighted by Gasteiger charge is 2.32. The molecule has 0 fully saturated rings. The smallest absolute Gasteiger partial charge is 0.243 e. The van der Waals surface area contributed by atoms with Gasteiger partial charge in [-0.05, 0) is 30.4 Å². The van der Waals surface area contributed by atoms with Crippen molar-refractivity contribution < 1.29 is 14.6 Å². The van der Waals surface area contributed by atoms with Crippen molar-refractivity contribution >= 4 is 11.6 Å². The molecule has 2 atom stereocenters. The third-order valence-electron chi connectivity index (χ3n) is 4.80. The van der Waals surface area contributed by atoms with Gasteiger partial charge in [-0.15, -0.1) is 0 Å². The summed E-state index contributed by atoms with van der Waals surface area (Å²) in [5.74, 6) is 0.964. The number of carbonyl (C=O) groups excluding carboxylic acids is 1. The van der Waals surface area contributed by atoms with E-state index in [1.807, 2.05) is 37.9 Å². The second-order valence-corrected chi connectivity index (χ2v) is 7.24. The standard InChI is InChI=1S/C20H32N2O3/c1-5-6-7-10-25-17-9-8-15-11-16(13-23)21-20(24)19(14(2)3)22(4)18(15)12-17/h8-9,12,14,16,19,23H,5-7,10-11,13H2,1-4H3,(H,21,24)/t16-,19-/m1/s1. The maximum Gasteiger partial charge on any atom is 0.243 e. The van der Waals surface area contributed by atoms with Gasteiger partial charge in [0.2, 0.25) is 5.91 Å². The summed E-state index contributed by atoms with van der Waals surface area (Å²) in [7, 11) is 1.96. The molecule has 140 valence electrons. The molecule has 25 heavy (non-hydrogen) atoms. The van der Waals surface area contributed by atoms with Crippen molar-refractivity contribution in [1.82, 2.24) is 5.32 Å². The van der Waals surface area contributed by atoms with Crippen molar-refractivity contribution in [2.24, 2.45) is 5.92 Å². The number of nitrogens with one attached hydrogen (secondary N) is 1. The lowest BCUT2D eigenvalue weighted by Gasteiger charge is -2.37. The van der Waals surface area contributed by atoms with Crippen LogP contribution in [0, 0.1) is 5.92 Å². The lowest BCUT2D eigenvalue weighted by atomic mass is 9.95. The summed E-state index contributed by atoms with van der Waals surface area (Å²) in [6.07, 6.45) is 4.00. The summed E-state index contributed by atoms with van der Waals surface area (Å²) in [5.41, 5.74) is 2.13. The highest BCUT2D eigenvalue weighted by atomic mass is 16.5. The molecule has 1 amide bonds. The van der Waals surface area contributed by atoms with Crippen LogP contribution in [0.2, 0.25) is 0 Å². The first-order valence-electron chi connectivity index (χ1n) is 9.37. The molecule has 0 radical (unpaired) electrons. The Morgan fingerprint density at radius 2 is 2.12 bits per heavy atom. The van der Waals surface area contributed by atoms with Gasteiger partial charge in [-0.3, -0.25) is 4.79 Å². The summed E-state index contributed by atoms with van der Waals surface area (Å²) in [4.78, 5) is 14.7. The van der Waals surface area contributed by atoms with E-state index in [0.717, 1.165) is 23.4 Å². The minimum Gasteiger partial charge on any atom is -0.494 e. The van der Waals surface area contributed by atoms with Crippen LogP contribution < -0.4 is 15.0 Å². The van der Waals surface area contributed by atoms with Gasteiger partial charge in [0, 0.05) is 18.8 Å². The molecule has 0 bridgehead atoms. The van der Waals surface area contributed by atoms with Crippen molar-refractivity contribution in [3.8, 4) is 5.75 Å². The quantitative estimate of drug-likeness (QED) is 0.744. The Labute approximate surface area is 151 Å². The van der Waals surface area contributed by atoms with E-state index in [1.165, 1.54) is 12.8 Å². The molecule has 0 unspecified atom stereocenters. The number of aliphatic hydroxyl groups is 1. The molecule has 0 spiro atoms. The van der Waals surface area contributed by atoms with E-state index in [-0.39, 0.29) is 30.5 Å². The molecular weight excluding hydrogens is 316 g/mol. The molecule has 0 saturated carbocycles. The van der Waals surface area contributed by atoms with Crippen molar-refractivity contribution in [1.29, 1.82) is 0 Å². The Morgan fingerprint density at radius 3 is 2.76 bits per heavy atom. The number of anilines is 1. The fraction of sp³-hybridized carbons (Fsp3) is 0.650. The Balaban J connectivity index is 2.29. The fourth-order valence-corrected chi connectivity index (χ4v) is 3.47. The van der Waals surface area contributed by atoms with Gasteiger partial charge in [-0.1, -0.05) is 39.7 Å². The van der Waals surface area contributed by atoms with E-state index in [1.54, 1.807) is 0 Å². The summed E-state index contributed by atoms with van der Waals surface area (Å²) >= 11 is 0. The van der Waals surface area contributed by atoms with Crippen LogP contribution in [0.5, 0.6) is 5.75 Å². The SMILES string of the molecule is CCCCCOc1ccc2c(c1)N(C)[C@H](C(C)C)C(=O)N[C@@H](CO)C2. The van der Waals surface area contributed by atoms with Crippen LogP contribution in [0.3, 0.4) is 0 Å². The first-order chi connectivity index (χ1) is 12.0. The largest absolute Gasteiger partial charge is 0.494 e. The van der Waals surface area contributed by atoms with Gasteiger partial charge >= 0.3 is 0 Å². The number of ether oxygens (including phenoxy) is 1. The molecule has 1 aromatic rings. The Bertz CT molecular complexity index is 574. The van der Waals surface area contributed by atoms with Crippen molar-refractivity contribution in [3.05, 3.63) is 23.8 Å². The molecule has 2 N–H and O–H groups in total. The van der Waals surface area contributed by atoms with E-state index in [2.05, 4.69) is 18.3 Å². The average molecular weight is 348 g/mol. The molecule has 1 heterocycles. The van der Waals surface area contributed by atoms with Crippen molar-refractivity contribution in [2.75, 3.05) is 25.2 Å². The number of hydrogen-bond donors (Lipinski definition) is 2. The number of benzene rings is 1. The summed E-state index contributed by atoms with van der Waals surface area (Å²) < 4.78 is 5.89. The maximum absolute atomic E-state index is 12.6. The summed E-state index contributed by atoms with van der Waals surface area (Å²) in [6.45, 7) is 6.91. The van der Waals surface area contributed by atoms with E-state index in [0.29, 0.717) is 13.0 Å². The zero-order valence-corrected chi connectivity index (χ0v) is 15.9. The first-order valence-corrected chi connectivity index (χ1v) is 9.37. The predicted molar refractivity (Wildman–Crippen MR) is 101 cm³/mol. The van der Waals surface area contributed by atoms with Gasteiger partial charge in [-0.2, -0.15) is 0 Å². The van der Waals surface area contributed by atoms with Crippen LogP contribution in [-0.4, -0.2) is 43.4 Å². The second-order valence-electron chi connectivity index (χ2n) is 7.24. The van der Waals surface area contributed by atoms with Gasteiger partial charge in [0.25, 0.3) is 0 Å². The number of unbranched alkanes of at least 4 members (excludes halogenated alkanes) is 2. The monoisotopic (exact) mass is 348 g/mol. The number of likely N-dealkylation sites (N-methyl/N-ethyl adjacent to an activating group) is 1. The molecule has 5 heteroatoms. The predicted octanol–water partition coefficient (Wildman–Crippen LogP) is 2.75. The highest BCUT2D eigenvalue weighted by Crippen LogP contribution is 2.31. The average Bonchev–Trinajstić information content (AvgIpc) is 2.57. The second kappa shape index (κ2) is 9.09. The van der Waals surface area contributed by atoms with E-state index >= 15 is 0 Å². The lowest BCUT2D eigenvalue weighted by Crippen LogP contribution is -2.54. The van der Waals surface area contributed by atoms with Gasteiger partial charge < -0.3 is 20.1 Å². The molecule has 0 aliphatic carbocycles. The highest BCUT2D eigenvalue weighted by molar-refractivity contribution is 5.86. The van der Waals surface area contributed by atoms with Crippen LogP contribution in [0.15, 0.2) is 18.2 Å². The molecule has 0 aromatic heterocycles.